The van der Waals surface area contributed by atoms with E-state index in [2.05, 4.69) is 15.0 Å². The van der Waals surface area contributed by atoms with Gasteiger partial charge in [0.2, 0.25) is 0 Å². The number of aryl methyl sites for hydroxylation is 1. The van der Waals surface area contributed by atoms with Gasteiger partial charge in [-0.15, -0.1) is 0 Å². The molecule has 2 rings (SSSR count). The van der Waals surface area contributed by atoms with E-state index >= 15 is 0 Å². The van der Waals surface area contributed by atoms with Crippen molar-refractivity contribution in [3.05, 3.63) is 17.7 Å². The Morgan fingerprint density at radius 2 is 2.30 bits per heavy atom. The molecule has 1 aliphatic rings. The molecule has 0 fully saturated rings. The summed E-state index contributed by atoms with van der Waals surface area (Å²) in [6, 6.07) is 0. The lowest BCUT2D eigenvalue weighted by Crippen LogP contribution is -1.89. The lowest BCUT2D eigenvalue weighted by Gasteiger charge is -1.96. The van der Waals surface area contributed by atoms with E-state index in [0.29, 0.717) is 0 Å². The second-order valence-corrected chi connectivity index (χ2v) is 2.27. The van der Waals surface area contributed by atoms with Crippen molar-refractivity contribution in [1.82, 2.24) is 9.97 Å². The van der Waals surface area contributed by atoms with Crippen molar-refractivity contribution in [3.8, 4) is 0 Å². The van der Waals surface area contributed by atoms with Gasteiger partial charge in [-0.25, -0.2) is 9.97 Å². The number of hydrogen-bond donors (Lipinski definition) is 0. The van der Waals surface area contributed by atoms with Gasteiger partial charge in [0, 0.05) is 12.6 Å². The normalized spacial score (nSPS) is 13.7. The number of fused-ring (bicyclic) bond motifs is 1. The van der Waals surface area contributed by atoms with Crippen LogP contribution in [-0.4, -0.2) is 16.2 Å². The first-order valence-electron chi connectivity index (χ1n) is 3.21. The molecule has 0 radical (unpaired) electrons. The van der Waals surface area contributed by atoms with Crippen LogP contribution in [0.2, 0.25) is 0 Å². The van der Waals surface area contributed by atoms with Crippen LogP contribution in [0.4, 0.5) is 5.69 Å². The van der Waals surface area contributed by atoms with Crippen molar-refractivity contribution in [1.29, 1.82) is 0 Å². The molecule has 0 saturated heterocycles. The minimum absolute atomic E-state index is 0.860. The van der Waals surface area contributed by atoms with Gasteiger partial charge >= 0.3 is 0 Å². The van der Waals surface area contributed by atoms with Gasteiger partial charge in [0.1, 0.15) is 12.0 Å². The molecule has 0 amide bonds. The molecule has 0 unspecified atom stereocenters. The maximum Gasteiger partial charge on any atom is 0.116 e. The number of hydrogen-bond acceptors (Lipinski definition) is 3. The van der Waals surface area contributed by atoms with Crippen LogP contribution >= 0.6 is 0 Å². The van der Waals surface area contributed by atoms with Crippen molar-refractivity contribution in [2.75, 3.05) is 0 Å². The van der Waals surface area contributed by atoms with Gasteiger partial charge < -0.3 is 0 Å². The van der Waals surface area contributed by atoms with Gasteiger partial charge in [0.05, 0.1) is 11.4 Å². The first-order valence-corrected chi connectivity index (χ1v) is 3.21. The first kappa shape index (κ1) is 5.53. The molecule has 1 aromatic heterocycles. The van der Waals surface area contributed by atoms with Crippen molar-refractivity contribution in [2.24, 2.45) is 4.99 Å². The Morgan fingerprint density at radius 3 is 3.10 bits per heavy atom. The number of nitrogens with zero attached hydrogens (tertiary/aromatic N) is 3. The molecule has 2 heterocycles. The van der Waals surface area contributed by atoms with Gasteiger partial charge in [0.15, 0.2) is 0 Å². The molecule has 3 nitrogen and oxygen atoms in total. The Balaban J connectivity index is 2.67. The molecular weight excluding hydrogens is 126 g/mol. The largest absolute Gasteiger partial charge is 0.257 e. The van der Waals surface area contributed by atoms with E-state index in [1.54, 1.807) is 6.33 Å². The van der Waals surface area contributed by atoms with E-state index in [9.17, 15) is 0 Å². The fraction of sp³-hybridized carbons (Fsp3) is 0.286. The van der Waals surface area contributed by atoms with Crippen LogP contribution in [0, 0.1) is 6.92 Å². The van der Waals surface area contributed by atoms with Gasteiger partial charge in [-0.1, -0.05) is 0 Å². The van der Waals surface area contributed by atoms with E-state index in [1.165, 1.54) is 0 Å². The Morgan fingerprint density at radius 1 is 1.40 bits per heavy atom. The summed E-state index contributed by atoms with van der Waals surface area (Å²) in [5.41, 5.74) is 2.98. The predicted molar refractivity (Wildman–Crippen MR) is 38.6 cm³/mol. The highest BCUT2D eigenvalue weighted by atomic mass is 14.9. The summed E-state index contributed by atoms with van der Waals surface area (Å²) in [4.78, 5) is 12.3. The smallest absolute Gasteiger partial charge is 0.116 e. The van der Waals surface area contributed by atoms with Crippen LogP contribution in [0.1, 0.15) is 11.4 Å². The molecule has 0 saturated carbocycles. The van der Waals surface area contributed by atoms with E-state index in [-0.39, 0.29) is 0 Å². The SMILES string of the molecule is Cc1ncnc2c1N=CC2. The summed E-state index contributed by atoms with van der Waals surface area (Å²) >= 11 is 0. The van der Waals surface area contributed by atoms with Crippen LogP contribution in [0.3, 0.4) is 0 Å². The molecule has 0 spiro atoms. The molecule has 0 aliphatic carbocycles. The molecule has 0 aromatic carbocycles. The van der Waals surface area contributed by atoms with Gasteiger partial charge in [0.25, 0.3) is 0 Å². The third-order valence-electron chi connectivity index (χ3n) is 1.59. The summed E-state index contributed by atoms with van der Waals surface area (Å²) in [6.07, 6.45) is 4.31. The lowest BCUT2D eigenvalue weighted by molar-refractivity contribution is 1.05. The van der Waals surface area contributed by atoms with Gasteiger partial charge in [-0.05, 0) is 6.92 Å². The van der Waals surface area contributed by atoms with Crippen LogP contribution in [0.5, 0.6) is 0 Å². The Labute approximate surface area is 58.9 Å². The van der Waals surface area contributed by atoms with Crippen molar-refractivity contribution < 1.29 is 0 Å². The summed E-state index contributed by atoms with van der Waals surface area (Å²) in [5.74, 6) is 0. The highest BCUT2D eigenvalue weighted by Gasteiger charge is 2.09. The number of aliphatic imine (C=N–C) groups is 1. The first-order chi connectivity index (χ1) is 4.88. The summed E-state index contributed by atoms with van der Waals surface area (Å²) in [7, 11) is 0. The average Bonchev–Trinajstić information content (AvgIpc) is 2.36. The van der Waals surface area contributed by atoms with Crippen LogP contribution in [0.15, 0.2) is 11.3 Å². The molecule has 0 atom stereocenters. The monoisotopic (exact) mass is 133 g/mol. The second kappa shape index (κ2) is 1.87. The average molecular weight is 133 g/mol. The van der Waals surface area contributed by atoms with E-state index in [1.807, 2.05) is 13.1 Å². The zero-order valence-corrected chi connectivity index (χ0v) is 5.70. The van der Waals surface area contributed by atoms with Crippen LogP contribution in [0.25, 0.3) is 0 Å². The quantitative estimate of drug-likeness (QED) is 0.530. The topological polar surface area (TPSA) is 38.1 Å². The fourth-order valence-electron chi connectivity index (χ4n) is 1.06. The maximum absolute atomic E-state index is 4.15. The van der Waals surface area contributed by atoms with Crippen molar-refractivity contribution in [2.45, 2.75) is 13.3 Å². The third kappa shape index (κ3) is 0.635. The predicted octanol–water partition coefficient (Wildman–Crippen LogP) is 1.04. The van der Waals surface area contributed by atoms with Crippen LogP contribution in [-0.2, 0) is 6.42 Å². The molecule has 0 N–H and O–H groups in total. The maximum atomic E-state index is 4.15. The molecule has 1 aromatic rings. The minimum atomic E-state index is 0.860. The zero-order valence-electron chi connectivity index (χ0n) is 5.70. The zero-order chi connectivity index (χ0) is 6.97. The summed E-state index contributed by atoms with van der Waals surface area (Å²) in [6.45, 7) is 1.95. The summed E-state index contributed by atoms with van der Waals surface area (Å²) < 4.78 is 0. The molecule has 50 valence electrons. The molecule has 0 bridgehead atoms. The minimum Gasteiger partial charge on any atom is -0.257 e. The van der Waals surface area contributed by atoms with Crippen molar-refractivity contribution in [3.63, 3.8) is 0 Å². The molecular formula is C7H7N3. The van der Waals surface area contributed by atoms with Gasteiger partial charge in [-0.2, -0.15) is 0 Å². The molecule has 1 aliphatic heterocycles. The Hall–Kier alpha value is -1.25. The van der Waals surface area contributed by atoms with Gasteiger partial charge in [-0.3, -0.25) is 4.99 Å². The second-order valence-electron chi connectivity index (χ2n) is 2.27. The van der Waals surface area contributed by atoms with E-state index < -0.39 is 0 Å². The number of rotatable bonds is 0. The van der Waals surface area contributed by atoms with Crippen molar-refractivity contribution >= 4 is 11.9 Å². The van der Waals surface area contributed by atoms with Crippen LogP contribution < -0.4 is 0 Å². The van der Waals surface area contributed by atoms with E-state index in [4.69, 9.17) is 0 Å². The third-order valence-corrected chi connectivity index (χ3v) is 1.59. The Bertz CT molecular complexity index is 291. The fourth-order valence-corrected chi connectivity index (χ4v) is 1.06. The molecule has 3 heteroatoms. The lowest BCUT2D eigenvalue weighted by atomic mass is 10.3. The number of aromatic nitrogens is 2. The standard InChI is InChI=1S/C7H7N3/c1-5-7-6(2-3-8-7)10-4-9-5/h3-4H,2H2,1H3. The Kier molecular flexibility index (Phi) is 1.03. The highest BCUT2D eigenvalue weighted by molar-refractivity contribution is 5.74. The van der Waals surface area contributed by atoms with E-state index in [0.717, 1.165) is 23.5 Å². The summed E-state index contributed by atoms with van der Waals surface area (Å²) in [5, 5.41) is 0. The highest BCUT2D eigenvalue weighted by Crippen LogP contribution is 2.23. The molecule has 10 heavy (non-hydrogen) atoms.